The van der Waals surface area contributed by atoms with Gasteiger partial charge in [0.2, 0.25) is 6.79 Å². The number of hydrogen-bond acceptors (Lipinski definition) is 4. The lowest BCUT2D eigenvalue weighted by Gasteiger charge is -2.29. The van der Waals surface area contributed by atoms with E-state index in [0.29, 0.717) is 23.0 Å². The molecule has 0 radical (unpaired) electrons. The lowest BCUT2D eigenvalue weighted by molar-refractivity contribution is -0.118. The highest BCUT2D eigenvalue weighted by molar-refractivity contribution is 9.10. The number of carbonyl (C=O) groups is 1. The Morgan fingerprint density at radius 2 is 2.04 bits per heavy atom. The van der Waals surface area contributed by atoms with E-state index in [9.17, 15) is 10.1 Å². The molecule has 3 rings (SSSR count). The number of nitriles is 1. The maximum atomic E-state index is 12.5. The van der Waals surface area contributed by atoms with Crippen molar-refractivity contribution in [2.24, 2.45) is 5.92 Å². The number of halogens is 1. The minimum atomic E-state index is -0.319. The highest BCUT2D eigenvalue weighted by Crippen LogP contribution is 2.37. The number of hydrogen-bond donors (Lipinski definition) is 1. The number of amides is 1. The zero-order valence-electron chi connectivity index (χ0n) is 13.5. The van der Waals surface area contributed by atoms with Gasteiger partial charge >= 0.3 is 0 Å². The summed E-state index contributed by atoms with van der Waals surface area (Å²) in [7, 11) is 0. The second kappa shape index (κ2) is 7.27. The van der Waals surface area contributed by atoms with Crippen molar-refractivity contribution in [2.45, 2.75) is 38.6 Å². The van der Waals surface area contributed by atoms with E-state index in [1.54, 1.807) is 18.2 Å². The van der Waals surface area contributed by atoms with E-state index in [1.165, 1.54) is 6.42 Å². The Balaban J connectivity index is 1.79. The monoisotopic (exact) mass is 390 g/mol. The van der Waals surface area contributed by atoms with E-state index in [4.69, 9.17) is 9.47 Å². The van der Waals surface area contributed by atoms with Crippen molar-refractivity contribution in [1.29, 1.82) is 5.26 Å². The highest BCUT2D eigenvalue weighted by atomic mass is 79.9. The molecule has 126 valence electrons. The van der Waals surface area contributed by atoms with Crippen molar-refractivity contribution >= 4 is 27.9 Å². The van der Waals surface area contributed by atoms with Crippen molar-refractivity contribution in [3.63, 3.8) is 0 Å². The van der Waals surface area contributed by atoms with Crippen LogP contribution in [0.25, 0.3) is 6.08 Å². The van der Waals surface area contributed by atoms with Gasteiger partial charge < -0.3 is 14.8 Å². The molecule has 1 amide bonds. The van der Waals surface area contributed by atoms with Crippen LogP contribution in [0.1, 0.15) is 38.2 Å². The fourth-order valence-electron chi connectivity index (χ4n) is 3.12. The molecule has 1 aliphatic carbocycles. The molecule has 1 heterocycles. The van der Waals surface area contributed by atoms with E-state index < -0.39 is 0 Å². The van der Waals surface area contributed by atoms with Gasteiger partial charge in [-0.15, -0.1) is 0 Å². The van der Waals surface area contributed by atoms with Gasteiger partial charge in [-0.05, 0) is 42.5 Å². The van der Waals surface area contributed by atoms with Gasteiger partial charge in [0.25, 0.3) is 5.91 Å². The maximum absolute atomic E-state index is 12.5. The van der Waals surface area contributed by atoms with E-state index in [-0.39, 0.29) is 24.3 Å². The van der Waals surface area contributed by atoms with Crippen LogP contribution in [0.4, 0.5) is 0 Å². The number of nitrogens with zero attached hydrogens (tertiary/aromatic N) is 1. The standard InChI is InChI=1S/C18H19BrN2O3/c1-11-4-2-3-5-15(11)21-18(22)13(9-20)6-12-7-16-17(8-14(12)19)24-10-23-16/h6-8,11,15H,2-5,10H2,1H3,(H,21,22)/b13-6+/t11-,15+/m0/s1. The summed E-state index contributed by atoms with van der Waals surface area (Å²) < 4.78 is 11.4. The van der Waals surface area contributed by atoms with Crippen molar-refractivity contribution in [3.05, 3.63) is 27.7 Å². The zero-order chi connectivity index (χ0) is 17.1. The predicted molar refractivity (Wildman–Crippen MR) is 93.4 cm³/mol. The second-order valence-corrected chi connectivity index (χ2v) is 7.09. The first-order chi connectivity index (χ1) is 11.6. The Kier molecular flexibility index (Phi) is 5.10. The fourth-order valence-corrected chi connectivity index (χ4v) is 3.56. The number of fused-ring (bicyclic) bond motifs is 1. The first-order valence-corrected chi connectivity index (χ1v) is 8.89. The molecule has 2 atom stereocenters. The van der Waals surface area contributed by atoms with Gasteiger partial charge in [0, 0.05) is 10.5 Å². The SMILES string of the molecule is C[C@H]1CCCC[C@H]1NC(=O)/C(C#N)=C/c1cc2c(cc1Br)OCO2. The normalized spacial score (nSPS) is 22.8. The van der Waals surface area contributed by atoms with Crippen LogP contribution in [-0.2, 0) is 4.79 Å². The van der Waals surface area contributed by atoms with Crippen molar-refractivity contribution in [2.75, 3.05) is 6.79 Å². The summed E-state index contributed by atoms with van der Waals surface area (Å²) in [6.07, 6.45) is 5.99. The van der Waals surface area contributed by atoms with Crippen LogP contribution in [0.5, 0.6) is 11.5 Å². The first-order valence-electron chi connectivity index (χ1n) is 8.10. The number of rotatable bonds is 3. The highest BCUT2D eigenvalue weighted by Gasteiger charge is 2.24. The minimum Gasteiger partial charge on any atom is -0.454 e. The van der Waals surface area contributed by atoms with Gasteiger partial charge in [0.1, 0.15) is 11.6 Å². The third kappa shape index (κ3) is 3.57. The van der Waals surface area contributed by atoms with Crippen LogP contribution in [0.15, 0.2) is 22.2 Å². The lowest BCUT2D eigenvalue weighted by Crippen LogP contribution is -2.41. The molecule has 0 aromatic heterocycles. The van der Waals surface area contributed by atoms with Crippen LogP contribution >= 0.6 is 15.9 Å². The van der Waals surface area contributed by atoms with Gasteiger partial charge in [-0.25, -0.2) is 0 Å². The van der Waals surface area contributed by atoms with Gasteiger partial charge in [-0.1, -0.05) is 35.7 Å². The van der Waals surface area contributed by atoms with Crippen LogP contribution < -0.4 is 14.8 Å². The molecule has 1 fully saturated rings. The minimum absolute atomic E-state index is 0.0901. The molecule has 24 heavy (non-hydrogen) atoms. The summed E-state index contributed by atoms with van der Waals surface area (Å²) in [5, 5.41) is 12.4. The molecule has 1 saturated carbocycles. The van der Waals surface area contributed by atoms with E-state index >= 15 is 0 Å². The number of benzene rings is 1. The predicted octanol–water partition coefficient (Wildman–Crippen LogP) is 3.78. The molecule has 0 bridgehead atoms. The smallest absolute Gasteiger partial charge is 0.262 e. The van der Waals surface area contributed by atoms with E-state index in [2.05, 4.69) is 28.2 Å². The molecule has 2 aliphatic rings. The number of carbonyl (C=O) groups excluding carboxylic acids is 1. The Bertz CT molecular complexity index is 724. The summed E-state index contributed by atoms with van der Waals surface area (Å²) in [5.74, 6) is 1.39. The summed E-state index contributed by atoms with van der Waals surface area (Å²) in [5.41, 5.74) is 0.801. The van der Waals surface area contributed by atoms with Gasteiger partial charge in [0.15, 0.2) is 11.5 Å². The Morgan fingerprint density at radius 3 is 2.75 bits per heavy atom. The molecule has 0 saturated heterocycles. The van der Waals surface area contributed by atoms with Crippen molar-refractivity contribution < 1.29 is 14.3 Å². The van der Waals surface area contributed by atoms with Gasteiger partial charge in [0.05, 0.1) is 0 Å². The summed E-state index contributed by atoms with van der Waals surface area (Å²) in [6.45, 7) is 2.33. The first kappa shape index (κ1) is 16.8. The average molecular weight is 391 g/mol. The lowest BCUT2D eigenvalue weighted by atomic mass is 9.86. The summed E-state index contributed by atoms with van der Waals surface area (Å²) in [6, 6.07) is 5.69. The number of ether oxygens (including phenoxy) is 2. The van der Waals surface area contributed by atoms with Crippen LogP contribution in [0.3, 0.4) is 0 Å². The van der Waals surface area contributed by atoms with Gasteiger partial charge in [-0.2, -0.15) is 5.26 Å². The van der Waals surface area contributed by atoms with Crippen LogP contribution in [0, 0.1) is 17.2 Å². The Hall–Kier alpha value is -2.00. The maximum Gasteiger partial charge on any atom is 0.262 e. The quantitative estimate of drug-likeness (QED) is 0.629. The summed E-state index contributed by atoms with van der Waals surface area (Å²) in [4.78, 5) is 12.5. The second-order valence-electron chi connectivity index (χ2n) is 6.24. The molecule has 1 aromatic rings. The largest absolute Gasteiger partial charge is 0.454 e. The molecule has 0 unspecified atom stereocenters. The van der Waals surface area contributed by atoms with Crippen molar-refractivity contribution in [1.82, 2.24) is 5.32 Å². The molecule has 5 nitrogen and oxygen atoms in total. The summed E-state index contributed by atoms with van der Waals surface area (Å²) >= 11 is 3.44. The van der Waals surface area contributed by atoms with E-state index in [0.717, 1.165) is 23.7 Å². The molecular formula is C18H19BrN2O3. The third-order valence-corrected chi connectivity index (χ3v) is 5.27. The fraction of sp³-hybridized carbons (Fsp3) is 0.444. The molecule has 1 aromatic carbocycles. The average Bonchev–Trinajstić information content (AvgIpc) is 3.01. The van der Waals surface area contributed by atoms with Gasteiger partial charge in [-0.3, -0.25) is 4.79 Å². The molecule has 0 spiro atoms. The third-order valence-electron chi connectivity index (χ3n) is 4.58. The topological polar surface area (TPSA) is 71.4 Å². The molecule has 1 N–H and O–H groups in total. The van der Waals surface area contributed by atoms with Crippen LogP contribution in [0.2, 0.25) is 0 Å². The molecular weight excluding hydrogens is 372 g/mol. The van der Waals surface area contributed by atoms with Crippen molar-refractivity contribution in [3.8, 4) is 17.6 Å². The molecule has 1 aliphatic heterocycles. The molecule has 6 heteroatoms. The van der Waals surface area contributed by atoms with Crippen LogP contribution in [-0.4, -0.2) is 18.7 Å². The Morgan fingerprint density at radius 1 is 1.33 bits per heavy atom. The van der Waals surface area contributed by atoms with E-state index in [1.807, 2.05) is 6.07 Å². The zero-order valence-corrected chi connectivity index (χ0v) is 15.1. The number of nitrogens with one attached hydrogen (secondary N) is 1. The Labute approximate surface area is 149 Å².